The molecule has 32 heavy (non-hydrogen) atoms. The second-order valence-electron chi connectivity index (χ2n) is 7.95. The SMILES string of the molecule is Cc1nc(N)nc(N2CCN(C(=O)NCCCN(C)C)CC2)c1C#Cc1ccc(N)nc1. The van der Waals surface area contributed by atoms with Crippen LogP contribution in [0, 0.1) is 18.8 Å². The minimum atomic E-state index is -0.0300. The van der Waals surface area contributed by atoms with Crippen LogP contribution in [0.5, 0.6) is 0 Å². The van der Waals surface area contributed by atoms with E-state index in [0.717, 1.165) is 24.1 Å². The first-order valence-electron chi connectivity index (χ1n) is 10.6. The molecule has 1 aliphatic heterocycles. The topological polar surface area (TPSA) is 130 Å². The van der Waals surface area contributed by atoms with Gasteiger partial charge in [-0.05, 0) is 46.1 Å². The summed E-state index contributed by atoms with van der Waals surface area (Å²) >= 11 is 0. The number of nitrogens with two attached hydrogens (primary N) is 2. The van der Waals surface area contributed by atoms with Crippen LogP contribution in [0.4, 0.5) is 22.4 Å². The van der Waals surface area contributed by atoms with Gasteiger partial charge in [-0.3, -0.25) is 0 Å². The first kappa shape index (κ1) is 23.1. The standard InChI is InChI=1S/C22H31N9O/c1-16-18(7-5-17-6-8-19(23)26-15-17)20(28-21(24)27-16)30-11-13-31(14-12-30)22(32)25-9-4-10-29(2)3/h6,8,15H,4,9-14H2,1-3H3,(H2,23,26)(H,25,32)(H2,24,27,28). The van der Waals surface area contributed by atoms with Gasteiger partial charge in [-0.25, -0.2) is 14.8 Å². The molecule has 0 saturated carbocycles. The van der Waals surface area contributed by atoms with Crippen LogP contribution >= 0.6 is 0 Å². The van der Waals surface area contributed by atoms with Gasteiger partial charge in [-0.1, -0.05) is 11.8 Å². The number of anilines is 3. The van der Waals surface area contributed by atoms with Crippen molar-refractivity contribution in [3.05, 3.63) is 35.2 Å². The first-order chi connectivity index (χ1) is 15.3. The van der Waals surface area contributed by atoms with Gasteiger partial charge in [0.2, 0.25) is 5.95 Å². The van der Waals surface area contributed by atoms with Crippen LogP contribution in [-0.4, -0.2) is 84.1 Å². The Bertz CT molecular complexity index is 987. The van der Waals surface area contributed by atoms with Crippen molar-refractivity contribution in [3.63, 3.8) is 0 Å². The van der Waals surface area contributed by atoms with E-state index in [1.165, 1.54) is 0 Å². The molecule has 170 valence electrons. The lowest BCUT2D eigenvalue weighted by molar-refractivity contribution is 0.193. The van der Waals surface area contributed by atoms with E-state index < -0.39 is 0 Å². The van der Waals surface area contributed by atoms with E-state index in [4.69, 9.17) is 11.5 Å². The molecular weight excluding hydrogens is 406 g/mol. The third kappa shape index (κ3) is 6.21. The maximum atomic E-state index is 12.4. The van der Waals surface area contributed by atoms with Crippen molar-refractivity contribution in [3.8, 4) is 11.8 Å². The number of aryl methyl sites for hydroxylation is 1. The second-order valence-corrected chi connectivity index (χ2v) is 7.95. The molecule has 2 aromatic heterocycles. The zero-order valence-corrected chi connectivity index (χ0v) is 18.9. The fourth-order valence-corrected chi connectivity index (χ4v) is 3.39. The molecule has 0 unspecified atom stereocenters. The van der Waals surface area contributed by atoms with E-state index in [1.54, 1.807) is 12.3 Å². The number of nitrogens with zero attached hydrogens (tertiary/aromatic N) is 6. The van der Waals surface area contributed by atoms with Gasteiger partial charge in [0.05, 0.1) is 11.3 Å². The van der Waals surface area contributed by atoms with Crippen molar-refractivity contribution < 1.29 is 4.79 Å². The average Bonchev–Trinajstić information content (AvgIpc) is 2.76. The zero-order chi connectivity index (χ0) is 23.1. The lowest BCUT2D eigenvalue weighted by Crippen LogP contribution is -2.52. The van der Waals surface area contributed by atoms with Crippen molar-refractivity contribution in [2.24, 2.45) is 0 Å². The van der Waals surface area contributed by atoms with Crippen LogP contribution in [0.1, 0.15) is 23.2 Å². The van der Waals surface area contributed by atoms with Crippen molar-refractivity contribution in [2.45, 2.75) is 13.3 Å². The molecule has 2 amide bonds. The number of hydrogen-bond donors (Lipinski definition) is 3. The van der Waals surface area contributed by atoms with E-state index >= 15 is 0 Å². The van der Waals surface area contributed by atoms with Gasteiger partial charge >= 0.3 is 6.03 Å². The van der Waals surface area contributed by atoms with Gasteiger partial charge in [-0.2, -0.15) is 4.98 Å². The number of nitrogen functional groups attached to an aromatic ring is 2. The number of carbonyl (C=O) groups excluding carboxylic acids is 1. The molecule has 10 nitrogen and oxygen atoms in total. The molecule has 1 aliphatic rings. The fourth-order valence-electron chi connectivity index (χ4n) is 3.39. The molecule has 3 rings (SSSR count). The average molecular weight is 438 g/mol. The monoisotopic (exact) mass is 437 g/mol. The Labute approximate surface area is 189 Å². The van der Waals surface area contributed by atoms with Crippen LogP contribution < -0.4 is 21.7 Å². The summed E-state index contributed by atoms with van der Waals surface area (Å²) in [6.07, 6.45) is 2.55. The summed E-state index contributed by atoms with van der Waals surface area (Å²) in [4.78, 5) is 31.3. The zero-order valence-electron chi connectivity index (χ0n) is 18.9. The van der Waals surface area contributed by atoms with Gasteiger partial charge in [0.15, 0.2) is 0 Å². The molecule has 10 heteroatoms. The predicted molar refractivity (Wildman–Crippen MR) is 126 cm³/mol. The summed E-state index contributed by atoms with van der Waals surface area (Å²) in [6.45, 7) is 5.94. The van der Waals surface area contributed by atoms with Gasteiger partial charge in [0, 0.05) is 44.5 Å². The Kier molecular flexibility index (Phi) is 7.68. The van der Waals surface area contributed by atoms with Crippen LogP contribution in [0.25, 0.3) is 0 Å². The van der Waals surface area contributed by atoms with E-state index in [9.17, 15) is 4.79 Å². The highest BCUT2D eigenvalue weighted by molar-refractivity contribution is 5.74. The molecule has 0 aromatic carbocycles. The number of urea groups is 1. The van der Waals surface area contributed by atoms with Gasteiger partial charge in [0.25, 0.3) is 0 Å². The molecule has 0 atom stereocenters. The Morgan fingerprint density at radius 1 is 1.16 bits per heavy atom. The summed E-state index contributed by atoms with van der Waals surface area (Å²) in [6, 6.07) is 3.50. The lowest BCUT2D eigenvalue weighted by Gasteiger charge is -2.36. The van der Waals surface area contributed by atoms with Crippen molar-refractivity contribution in [2.75, 3.05) is 69.7 Å². The van der Waals surface area contributed by atoms with Crippen LogP contribution in [-0.2, 0) is 0 Å². The molecule has 0 aliphatic carbocycles. The number of rotatable bonds is 5. The van der Waals surface area contributed by atoms with Crippen LogP contribution in [0.15, 0.2) is 18.3 Å². The van der Waals surface area contributed by atoms with Crippen LogP contribution in [0.2, 0.25) is 0 Å². The normalized spacial score (nSPS) is 13.6. The van der Waals surface area contributed by atoms with Gasteiger partial charge in [-0.15, -0.1) is 0 Å². The summed E-state index contributed by atoms with van der Waals surface area (Å²) in [5.41, 5.74) is 13.7. The van der Waals surface area contributed by atoms with Crippen molar-refractivity contribution >= 4 is 23.6 Å². The number of pyridine rings is 1. The van der Waals surface area contributed by atoms with Crippen molar-refractivity contribution in [1.29, 1.82) is 0 Å². The lowest BCUT2D eigenvalue weighted by atomic mass is 10.1. The maximum Gasteiger partial charge on any atom is 0.317 e. The smallest absolute Gasteiger partial charge is 0.317 e. The number of carbonyl (C=O) groups is 1. The molecule has 5 N–H and O–H groups in total. The highest BCUT2D eigenvalue weighted by Gasteiger charge is 2.24. The molecule has 3 heterocycles. The van der Waals surface area contributed by atoms with Gasteiger partial charge in [0.1, 0.15) is 11.6 Å². The van der Waals surface area contributed by atoms with E-state index in [2.05, 4.69) is 41.9 Å². The van der Waals surface area contributed by atoms with Crippen LogP contribution in [0.3, 0.4) is 0 Å². The van der Waals surface area contributed by atoms with E-state index in [-0.39, 0.29) is 12.0 Å². The number of piperazine rings is 1. The predicted octanol–water partition coefficient (Wildman–Crippen LogP) is 0.528. The molecule has 0 radical (unpaired) electrons. The summed E-state index contributed by atoms with van der Waals surface area (Å²) in [5.74, 6) is 7.61. The van der Waals surface area contributed by atoms with Gasteiger partial charge < -0.3 is 31.5 Å². The highest BCUT2D eigenvalue weighted by atomic mass is 16.2. The summed E-state index contributed by atoms with van der Waals surface area (Å²) in [5, 5.41) is 2.99. The summed E-state index contributed by atoms with van der Waals surface area (Å²) < 4.78 is 0. The number of amides is 2. The first-order valence-corrected chi connectivity index (χ1v) is 10.6. The molecule has 0 spiro atoms. The minimum Gasteiger partial charge on any atom is -0.384 e. The molecule has 1 saturated heterocycles. The fraction of sp³-hybridized carbons (Fsp3) is 0.455. The van der Waals surface area contributed by atoms with E-state index in [0.29, 0.717) is 50.1 Å². The Hall–Kier alpha value is -3.58. The Morgan fingerprint density at radius 3 is 2.56 bits per heavy atom. The minimum absolute atomic E-state index is 0.0300. The summed E-state index contributed by atoms with van der Waals surface area (Å²) in [7, 11) is 4.04. The third-order valence-electron chi connectivity index (χ3n) is 5.13. The highest BCUT2D eigenvalue weighted by Crippen LogP contribution is 2.22. The maximum absolute atomic E-state index is 12.4. The number of nitrogens with one attached hydrogen (secondary N) is 1. The number of aromatic nitrogens is 3. The molecule has 2 aromatic rings. The van der Waals surface area contributed by atoms with Crippen molar-refractivity contribution in [1.82, 2.24) is 30.1 Å². The molecule has 1 fully saturated rings. The molecule has 0 bridgehead atoms. The number of hydrogen-bond acceptors (Lipinski definition) is 8. The Morgan fingerprint density at radius 2 is 1.91 bits per heavy atom. The molecular formula is C22H31N9O. The van der Waals surface area contributed by atoms with E-state index in [1.807, 2.05) is 32.0 Å². The quantitative estimate of drug-likeness (QED) is 0.456. The largest absolute Gasteiger partial charge is 0.384 e. The second kappa shape index (κ2) is 10.6. The Balaban J connectivity index is 1.67. The third-order valence-corrected chi connectivity index (χ3v) is 5.13.